The predicted molar refractivity (Wildman–Crippen MR) is 107 cm³/mol. The van der Waals surface area contributed by atoms with E-state index in [0.29, 0.717) is 17.3 Å². The Morgan fingerprint density at radius 1 is 1.14 bits per heavy atom. The van der Waals surface area contributed by atoms with Crippen molar-refractivity contribution in [2.45, 2.75) is 11.3 Å². The Morgan fingerprint density at radius 2 is 1.86 bits per heavy atom. The second-order valence-electron chi connectivity index (χ2n) is 6.42. The first-order valence-corrected chi connectivity index (χ1v) is 10.5. The average Bonchev–Trinajstić information content (AvgIpc) is 3.07. The molecule has 0 bridgehead atoms. The van der Waals surface area contributed by atoms with Gasteiger partial charge in [-0.25, -0.2) is 13.1 Å². The van der Waals surface area contributed by atoms with Gasteiger partial charge in [0.1, 0.15) is 16.4 Å². The normalized spacial score (nSPS) is 17.0. The van der Waals surface area contributed by atoms with Gasteiger partial charge in [-0.05, 0) is 42.3 Å². The minimum atomic E-state index is -3.83. The van der Waals surface area contributed by atoms with E-state index in [-0.39, 0.29) is 35.4 Å². The van der Waals surface area contributed by atoms with Crippen molar-refractivity contribution < 1.29 is 22.7 Å². The second kappa shape index (κ2) is 8.38. The zero-order valence-electron chi connectivity index (χ0n) is 15.5. The number of nitrogens with zero attached hydrogens (tertiary/aromatic N) is 1. The number of rotatable bonds is 7. The van der Waals surface area contributed by atoms with Crippen LogP contribution in [-0.4, -0.2) is 41.6 Å². The first-order valence-electron chi connectivity index (χ1n) is 8.61. The van der Waals surface area contributed by atoms with Crippen LogP contribution in [0.25, 0.3) is 0 Å². The summed E-state index contributed by atoms with van der Waals surface area (Å²) in [4.78, 5) is 14.0. The number of carbonyl (C=O) groups excluding carboxylic acids is 1. The van der Waals surface area contributed by atoms with Gasteiger partial charge in [0, 0.05) is 36.3 Å². The molecule has 0 aliphatic carbocycles. The molecular weight excluding hydrogens is 404 g/mol. The number of carbonyl (C=O) groups is 1. The number of halogens is 1. The van der Waals surface area contributed by atoms with Crippen LogP contribution in [0.2, 0.25) is 5.02 Å². The largest absolute Gasteiger partial charge is 0.497 e. The fraction of sp³-hybridized carbons (Fsp3) is 0.316. The van der Waals surface area contributed by atoms with Crippen LogP contribution in [0.4, 0.5) is 5.69 Å². The average molecular weight is 425 g/mol. The number of hydrogen-bond donors (Lipinski definition) is 1. The van der Waals surface area contributed by atoms with Gasteiger partial charge in [0.25, 0.3) is 0 Å². The van der Waals surface area contributed by atoms with Crippen LogP contribution in [-0.2, 0) is 14.8 Å². The molecule has 2 aromatic rings. The smallest absolute Gasteiger partial charge is 0.244 e. The van der Waals surface area contributed by atoms with Crippen LogP contribution < -0.4 is 19.1 Å². The van der Waals surface area contributed by atoms with Crippen molar-refractivity contribution in [3.63, 3.8) is 0 Å². The molecule has 7 nitrogen and oxygen atoms in total. The Hall–Kier alpha value is -2.29. The van der Waals surface area contributed by atoms with Crippen LogP contribution in [0.3, 0.4) is 0 Å². The third-order valence-corrected chi connectivity index (χ3v) is 6.26. The molecule has 0 unspecified atom stereocenters. The fourth-order valence-corrected chi connectivity index (χ4v) is 4.51. The molecular formula is C19H21ClN2O5S. The van der Waals surface area contributed by atoms with Gasteiger partial charge < -0.3 is 14.4 Å². The number of methoxy groups -OCH3 is 2. The molecule has 1 heterocycles. The first-order chi connectivity index (χ1) is 13.3. The standard InChI is InChI=1S/C19H21ClN2O5S/c1-26-16-7-8-17(27-2)18(10-16)28(24,25)21-11-13-9-19(23)22(12-13)15-5-3-14(20)4-6-15/h3-8,10,13,21H,9,11-12H2,1-2H3/t13-/m1/s1. The number of amides is 1. The number of anilines is 1. The Bertz CT molecular complexity index is 963. The Labute approximate surface area is 169 Å². The highest BCUT2D eigenvalue weighted by molar-refractivity contribution is 7.89. The fourth-order valence-electron chi connectivity index (χ4n) is 3.09. The minimum absolute atomic E-state index is 0.00627. The molecule has 0 spiro atoms. The summed E-state index contributed by atoms with van der Waals surface area (Å²) in [6.45, 7) is 0.566. The summed E-state index contributed by atoms with van der Waals surface area (Å²) in [5.41, 5.74) is 0.745. The van der Waals surface area contributed by atoms with Gasteiger partial charge in [0.2, 0.25) is 15.9 Å². The van der Waals surface area contributed by atoms with E-state index < -0.39 is 10.0 Å². The Balaban J connectivity index is 1.70. The summed E-state index contributed by atoms with van der Waals surface area (Å²) in [7, 11) is -0.968. The van der Waals surface area contributed by atoms with Crippen LogP contribution in [0.1, 0.15) is 6.42 Å². The van der Waals surface area contributed by atoms with E-state index in [1.54, 1.807) is 35.2 Å². The number of benzene rings is 2. The molecule has 1 atom stereocenters. The topological polar surface area (TPSA) is 84.9 Å². The van der Waals surface area contributed by atoms with Crippen molar-refractivity contribution in [2.75, 3.05) is 32.2 Å². The second-order valence-corrected chi connectivity index (χ2v) is 8.59. The zero-order chi connectivity index (χ0) is 20.3. The third kappa shape index (κ3) is 4.40. The predicted octanol–water partition coefficient (Wildman–Crippen LogP) is 2.69. The van der Waals surface area contributed by atoms with E-state index in [1.165, 1.54) is 26.4 Å². The lowest BCUT2D eigenvalue weighted by Gasteiger charge is -2.17. The summed E-state index contributed by atoms with van der Waals surface area (Å²) >= 11 is 5.89. The van der Waals surface area contributed by atoms with Gasteiger partial charge in [-0.3, -0.25) is 4.79 Å². The van der Waals surface area contributed by atoms with Crippen molar-refractivity contribution in [1.82, 2.24) is 4.72 Å². The molecule has 1 N–H and O–H groups in total. The maximum Gasteiger partial charge on any atom is 0.244 e. The highest BCUT2D eigenvalue weighted by atomic mass is 35.5. The molecule has 0 saturated carbocycles. The van der Waals surface area contributed by atoms with E-state index >= 15 is 0 Å². The van der Waals surface area contributed by atoms with Crippen molar-refractivity contribution in [3.8, 4) is 11.5 Å². The first kappa shape index (κ1) is 20.4. The van der Waals surface area contributed by atoms with Crippen molar-refractivity contribution >= 4 is 33.2 Å². The van der Waals surface area contributed by atoms with Gasteiger partial charge in [0.05, 0.1) is 14.2 Å². The van der Waals surface area contributed by atoms with E-state index in [0.717, 1.165) is 5.69 Å². The molecule has 3 rings (SSSR count). The molecule has 2 aromatic carbocycles. The SMILES string of the molecule is COc1ccc(OC)c(S(=O)(=O)NC[C@H]2CC(=O)N(c3ccc(Cl)cc3)C2)c1. The summed E-state index contributed by atoms with van der Waals surface area (Å²) in [6, 6.07) is 11.5. The van der Waals surface area contributed by atoms with Gasteiger partial charge in [0.15, 0.2) is 0 Å². The zero-order valence-corrected chi connectivity index (χ0v) is 17.1. The summed E-state index contributed by atoms with van der Waals surface area (Å²) in [5, 5.41) is 0.590. The molecule has 9 heteroatoms. The summed E-state index contributed by atoms with van der Waals surface area (Å²) in [5.74, 6) is 0.435. The summed E-state index contributed by atoms with van der Waals surface area (Å²) < 4.78 is 38.3. The van der Waals surface area contributed by atoms with Crippen molar-refractivity contribution in [2.24, 2.45) is 5.92 Å². The maximum atomic E-state index is 12.7. The lowest BCUT2D eigenvalue weighted by Crippen LogP contribution is -2.31. The van der Waals surface area contributed by atoms with Gasteiger partial charge in [-0.15, -0.1) is 0 Å². The third-order valence-electron chi connectivity index (χ3n) is 4.57. The van der Waals surface area contributed by atoms with Gasteiger partial charge in [-0.2, -0.15) is 0 Å². The number of sulfonamides is 1. The van der Waals surface area contributed by atoms with Crippen LogP contribution in [0.15, 0.2) is 47.4 Å². The molecule has 1 fully saturated rings. The molecule has 1 aliphatic rings. The molecule has 150 valence electrons. The van der Waals surface area contributed by atoms with E-state index in [9.17, 15) is 13.2 Å². The molecule has 1 saturated heterocycles. The van der Waals surface area contributed by atoms with E-state index in [4.69, 9.17) is 21.1 Å². The van der Waals surface area contributed by atoms with Gasteiger partial charge in [-0.1, -0.05) is 11.6 Å². The highest BCUT2D eigenvalue weighted by Crippen LogP contribution is 2.29. The maximum absolute atomic E-state index is 12.7. The Kier molecular flexibility index (Phi) is 6.12. The summed E-state index contributed by atoms with van der Waals surface area (Å²) in [6.07, 6.45) is 0.264. The van der Waals surface area contributed by atoms with Crippen LogP contribution in [0, 0.1) is 5.92 Å². The molecule has 0 radical (unpaired) electrons. The molecule has 0 aromatic heterocycles. The van der Waals surface area contributed by atoms with Crippen molar-refractivity contribution in [3.05, 3.63) is 47.5 Å². The van der Waals surface area contributed by atoms with Crippen LogP contribution in [0.5, 0.6) is 11.5 Å². The van der Waals surface area contributed by atoms with E-state index in [2.05, 4.69) is 4.72 Å². The molecule has 28 heavy (non-hydrogen) atoms. The van der Waals surface area contributed by atoms with Crippen molar-refractivity contribution in [1.29, 1.82) is 0 Å². The number of nitrogens with one attached hydrogen (secondary N) is 1. The van der Waals surface area contributed by atoms with Gasteiger partial charge >= 0.3 is 0 Å². The van der Waals surface area contributed by atoms with E-state index in [1.807, 2.05) is 0 Å². The lowest BCUT2D eigenvalue weighted by molar-refractivity contribution is -0.117. The monoisotopic (exact) mass is 424 g/mol. The lowest BCUT2D eigenvalue weighted by atomic mass is 10.1. The number of hydrogen-bond acceptors (Lipinski definition) is 5. The number of ether oxygens (including phenoxy) is 2. The highest BCUT2D eigenvalue weighted by Gasteiger charge is 2.32. The molecule has 1 amide bonds. The minimum Gasteiger partial charge on any atom is -0.497 e. The van der Waals surface area contributed by atoms with Crippen LogP contribution >= 0.6 is 11.6 Å². The quantitative estimate of drug-likeness (QED) is 0.738. The molecule has 1 aliphatic heterocycles. The Morgan fingerprint density at radius 3 is 2.50 bits per heavy atom.